The minimum atomic E-state index is -0.167. The van der Waals surface area contributed by atoms with E-state index in [0.717, 1.165) is 42.1 Å². The number of anilines is 3. The summed E-state index contributed by atoms with van der Waals surface area (Å²) in [6, 6.07) is 17.4. The predicted octanol–water partition coefficient (Wildman–Crippen LogP) is 4.80. The molecule has 0 bridgehead atoms. The van der Waals surface area contributed by atoms with E-state index < -0.39 is 0 Å². The third kappa shape index (κ3) is 4.60. The number of carbonyl (C=O) groups is 1. The molecule has 4 rings (SSSR count). The molecule has 5 nitrogen and oxygen atoms in total. The molecule has 0 unspecified atom stereocenters. The van der Waals surface area contributed by atoms with Gasteiger partial charge in [0.05, 0.1) is 11.4 Å². The summed E-state index contributed by atoms with van der Waals surface area (Å²) in [7, 11) is 0. The molecular formula is C23H26N4OS. The van der Waals surface area contributed by atoms with Gasteiger partial charge in [-0.25, -0.2) is 0 Å². The van der Waals surface area contributed by atoms with E-state index in [9.17, 15) is 4.79 Å². The highest BCUT2D eigenvalue weighted by atomic mass is 32.1. The molecule has 0 radical (unpaired) electrons. The summed E-state index contributed by atoms with van der Waals surface area (Å²) in [4.78, 5) is 13.9. The smallest absolute Gasteiger partial charge is 0.255 e. The molecule has 150 valence electrons. The van der Waals surface area contributed by atoms with Crippen molar-refractivity contribution in [1.29, 1.82) is 0 Å². The molecule has 5 N–H and O–H groups in total. The molecule has 1 aliphatic heterocycles. The lowest BCUT2D eigenvalue weighted by Gasteiger charge is -2.36. The zero-order valence-corrected chi connectivity index (χ0v) is 17.3. The first-order chi connectivity index (χ1) is 14.0. The average Bonchev–Trinajstić information content (AvgIpc) is 3.25. The largest absolute Gasteiger partial charge is 0.397 e. The van der Waals surface area contributed by atoms with E-state index >= 15 is 0 Å². The molecule has 1 aromatic heterocycles. The van der Waals surface area contributed by atoms with Crippen LogP contribution in [-0.4, -0.2) is 24.5 Å². The molecule has 1 aliphatic rings. The standard InChI is InChI=1S/C23H26N4OS/c1-23(10-12-25-13-11-23)27-18-7-4-16(5-8-18)22(28)26-20-15-17(6-9-19(20)24)21-3-2-14-29-21/h2-9,14-15,25,27H,10-13,24H2,1H3,(H,26,28). The Morgan fingerprint density at radius 2 is 1.86 bits per heavy atom. The summed E-state index contributed by atoms with van der Waals surface area (Å²) in [5.41, 5.74) is 10.0. The summed E-state index contributed by atoms with van der Waals surface area (Å²) in [6.45, 7) is 4.30. The number of thiophene rings is 1. The van der Waals surface area contributed by atoms with Gasteiger partial charge in [0, 0.05) is 21.7 Å². The zero-order chi connectivity index (χ0) is 20.3. The van der Waals surface area contributed by atoms with Crippen LogP contribution in [0.1, 0.15) is 30.1 Å². The van der Waals surface area contributed by atoms with Gasteiger partial charge in [-0.3, -0.25) is 4.79 Å². The number of nitrogens with one attached hydrogen (secondary N) is 3. The Kier molecular flexibility index (Phi) is 5.56. The SMILES string of the molecule is CC1(Nc2ccc(C(=O)Nc3cc(-c4cccs4)ccc3N)cc2)CCNCC1. The van der Waals surface area contributed by atoms with Crippen LogP contribution in [0.4, 0.5) is 17.1 Å². The van der Waals surface area contributed by atoms with Gasteiger partial charge in [-0.2, -0.15) is 0 Å². The maximum Gasteiger partial charge on any atom is 0.255 e. The van der Waals surface area contributed by atoms with Crippen LogP contribution in [0.3, 0.4) is 0 Å². The van der Waals surface area contributed by atoms with E-state index in [1.165, 1.54) is 0 Å². The lowest BCUT2D eigenvalue weighted by atomic mass is 9.90. The Hall–Kier alpha value is -2.83. The van der Waals surface area contributed by atoms with Gasteiger partial charge in [0.15, 0.2) is 0 Å². The number of piperidine rings is 1. The van der Waals surface area contributed by atoms with Gasteiger partial charge in [0.1, 0.15) is 0 Å². The Morgan fingerprint density at radius 1 is 1.10 bits per heavy atom. The second kappa shape index (κ2) is 8.27. The molecule has 2 heterocycles. The van der Waals surface area contributed by atoms with E-state index in [2.05, 4.69) is 28.9 Å². The molecule has 0 spiro atoms. The molecule has 0 atom stereocenters. The maximum atomic E-state index is 12.7. The van der Waals surface area contributed by atoms with Crippen LogP contribution in [0, 0.1) is 0 Å². The van der Waals surface area contributed by atoms with E-state index in [0.29, 0.717) is 16.9 Å². The lowest BCUT2D eigenvalue weighted by Crippen LogP contribution is -2.45. The van der Waals surface area contributed by atoms with Gasteiger partial charge in [-0.15, -0.1) is 11.3 Å². The van der Waals surface area contributed by atoms with Crippen molar-refractivity contribution in [1.82, 2.24) is 5.32 Å². The Balaban J connectivity index is 1.45. The Morgan fingerprint density at radius 3 is 2.55 bits per heavy atom. The fraction of sp³-hybridized carbons (Fsp3) is 0.261. The number of nitrogens with two attached hydrogens (primary N) is 1. The van der Waals surface area contributed by atoms with Gasteiger partial charge in [0.25, 0.3) is 5.91 Å². The summed E-state index contributed by atoms with van der Waals surface area (Å²) in [5, 5.41) is 12.0. The minimum Gasteiger partial charge on any atom is -0.397 e. The molecule has 0 aliphatic carbocycles. The van der Waals surface area contributed by atoms with Crippen molar-refractivity contribution >= 4 is 34.3 Å². The quantitative estimate of drug-likeness (QED) is 0.459. The van der Waals surface area contributed by atoms with E-state index in [1.807, 2.05) is 53.9 Å². The van der Waals surface area contributed by atoms with Crippen molar-refractivity contribution in [3.8, 4) is 10.4 Å². The normalized spacial score (nSPS) is 15.6. The summed E-state index contributed by atoms with van der Waals surface area (Å²) < 4.78 is 0. The number of hydrogen-bond donors (Lipinski definition) is 4. The van der Waals surface area contributed by atoms with Crippen LogP contribution >= 0.6 is 11.3 Å². The summed E-state index contributed by atoms with van der Waals surface area (Å²) in [5.74, 6) is -0.167. The topological polar surface area (TPSA) is 79.2 Å². The molecule has 2 aromatic carbocycles. The number of nitrogen functional groups attached to an aromatic ring is 1. The zero-order valence-electron chi connectivity index (χ0n) is 16.5. The number of benzene rings is 2. The first-order valence-electron chi connectivity index (χ1n) is 9.86. The van der Waals surface area contributed by atoms with Crippen LogP contribution in [0.2, 0.25) is 0 Å². The fourth-order valence-electron chi connectivity index (χ4n) is 3.61. The van der Waals surface area contributed by atoms with Crippen molar-refractivity contribution in [2.24, 2.45) is 0 Å². The van der Waals surface area contributed by atoms with Crippen molar-refractivity contribution in [3.63, 3.8) is 0 Å². The molecular weight excluding hydrogens is 380 g/mol. The van der Waals surface area contributed by atoms with E-state index in [4.69, 9.17) is 5.73 Å². The highest BCUT2D eigenvalue weighted by molar-refractivity contribution is 7.13. The van der Waals surface area contributed by atoms with E-state index in [-0.39, 0.29) is 11.4 Å². The van der Waals surface area contributed by atoms with Gasteiger partial charge in [-0.05, 0) is 86.3 Å². The van der Waals surface area contributed by atoms with Gasteiger partial charge >= 0.3 is 0 Å². The van der Waals surface area contributed by atoms with Crippen LogP contribution in [0.25, 0.3) is 10.4 Å². The van der Waals surface area contributed by atoms with Crippen LogP contribution in [0.15, 0.2) is 60.0 Å². The molecule has 6 heteroatoms. The van der Waals surface area contributed by atoms with Crippen molar-refractivity contribution in [2.75, 3.05) is 29.5 Å². The average molecular weight is 407 g/mol. The van der Waals surface area contributed by atoms with Gasteiger partial charge in [0.2, 0.25) is 0 Å². The van der Waals surface area contributed by atoms with Crippen molar-refractivity contribution in [3.05, 3.63) is 65.5 Å². The van der Waals surface area contributed by atoms with Crippen LogP contribution in [-0.2, 0) is 0 Å². The first-order valence-corrected chi connectivity index (χ1v) is 10.7. The Bertz CT molecular complexity index is 977. The molecule has 0 saturated carbocycles. The molecule has 1 amide bonds. The predicted molar refractivity (Wildman–Crippen MR) is 123 cm³/mol. The fourth-order valence-corrected chi connectivity index (χ4v) is 4.34. The molecule has 29 heavy (non-hydrogen) atoms. The number of hydrogen-bond acceptors (Lipinski definition) is 5. The summed E-state index contributed by atoms with van der Waals surface area (Å²) in [6.07, 6.45) is 2.16. The monoisotopic (exact) mass is 406 g/mol. The number of carbonyl (C=O) groups excluding carboxylic acids is 1. The third-order valence-electron chi connectivity index (χ3n) is 5.41. The number of amides is 1. The molecule has 1 fully saturated rings. The summed E-state index contributed by atoms with van der Waals surface area (Å²) >= 11 is 1.66. The van der Waals surface area contributed by atoms with Gasteiger partial charge in [-0.1, -0.05) is 12.1 Å². The highest BCUT2D eigenvalue weighted by Gasteiger charge is 2.26. The van der Waals surface area contributed by atoms with Crippen LogP contribution in [0.5, 0.6) is 0 Å². The second-order valence-corrected chi connectivity index (χ2v) is 8.69. The first kappa shape index (κ1) is 19.5. The van der Waals surface area contributed by atoms with Crippen molar-refractivity contribution < 1.29 is 4.79 Å². The highest BCUT2D eigenvalue weighted by Crippen LogP contribution is 2.30. The molecule has 3 aromatic rings. The van der Waals surface area contributed by atoms with Gasteiger partial charge < -0.3 is 21.7 Å². The van der Waals surface area contributed by atoms with Crippen LogP contribution < -0.4 is 21.7 Å². The Labute approximate surface area is 175 Å². The minimum absolute atomic E-state index is 0.0890. The van der Waals surface area contributed by atoms with E-state index in [1.54, 1.807) is 11.3 Å². The lowest BCUT2D eigenvalue weighted by molar-refractivity contribution is 0.102. The third-order valence-corrected chi connectivity index (χ3v) is 6.33. The molecule has 1 saturated heterocycles. The second-order valence-electron chi connectivity index (χ2n) is 7.75. The van der Waals surface area contributed by atoms with Crippen molar-refractivity contribution in [2.45, 2.75) is 25.3 Å². The maximum absolute atomic E-state index is 12.7. The number of rotatable bonds is 5.